The summed E-state index contributed by atoms with van der Waals surface area (Å²) in [4.78, 5) is 12.5. The molecule has 0 fully saturated rings. The highest BCUT2D eigenvalue weighted by molar-refractivity contribution is 5.95. The molecule has 1 N–H and O–H groups in total. The van der Waals surface area contributed by atoms with Gasteiger partial charge in [0.05, 0.1) is 5.69 Å². The summed E-state index contributed by atoms with van der Waals surface area (Å²) in [5.41, 5.74) is 4.88. The average Bonchev–Trinajstić information content (AvgIpc) is 3.22. The number of nitrogens with zero attached hydrogens (tertiary/aromatic N) is 6. The maximum Gasteiger partial charge on any atom is 0.226 e. The van der Waals surface area contributed by atoms with Crippen molar-refractivity contribution in [3.63, 3.8) is 0 Å². The van der Waals surface area contributed by atoms with Crippen molar-refractivity contribution in [2.24, 2.45) is 0 Å². The maximum atomic E-state index is 12.5. The molecule has 4 heterocycles. The molecule has 0 saturated carbocycles. The molecule has 1 amide bonds. The summed E-state index contributed by atoms with van der Waals surface area (Å²) in [5, 5.41) is 20.4. The Bertz CT molecular complexity index is 1220. The lowest BCUT2D eigenvalue weighted by atomic mass is 9.85. The molecule has 1 atom stereocenters. The van der Waals surface area contributed by atoms with Gasteiger partial charge in [-0.1, -0.05) is 29.8 Å². The van der Waals surface area contributed by atoms with Gasteiger partial charge >= 0.3 is 0 Å². The third-order valence-electron chi connectivity index (χ3n) is 5.20. The highest BCUT2D eigenvalue weighted by atomic mass is 16.1. The van der Waals surface area contributed by atoms with E-state index in [1.807, 2.05) is 26.0 Å². The minimum Gasteiger partial charge on any atom is -0.310 e. The third kappa shape index (κ3) is 2.49. The van der Waals surface area contributed by atoms with Gasteiger partial charge in [0.25, 0.3) is 0 Å². The van der Waals surface area contributed by atoms with Crippen LogP contribution in [0.25, 0.3) is 11.5 Å². The Morgan fingerprint density at radius 1 is 1.00 bits per heavy atom. The lowest BCUT2D eigenvalue weighted by Crippen LogP contribution is -2.25. The SMILES string of the molecule is Cc1ccc([C@@H]2CC(=O)Nc3c2c(C)nn3-c2ccc3nnc(C)n3n2)cc1. The standard InChI is InChI=1S/C20H19N7O/c1-11-4-6-14(7-5-11)15-10-18(28)21-20-19(15)12(2)24-27(20)17-9-8-16-23-22-13(3)26(16)25-17/h4-9,15H,10H2,1-3H3,(H,21,28)/t15-/m0/s1. The summed E-state index contributed by atoms with van der Waals surface area (Å²) in [7, 11) is 0. The zero-order valence-electron chi connectivity index (χ0n) is 15.8. The van der Waals surface area contributed by atoms with E-state index in [0.717, 1.165) is 16.8 Å². The second-order valence-electron chi connectivity index (χ2n) is 7.18. The molecule has 5 rings (SSSR count). The topological polar surface area (TPSA) is 90.0 Å². The van der Waals surface area contributed by atoms with Crippen molar-refractivity contribution in [3.8, 4) is 5.82 Å². The van der Waals surface area contributed by atoms with Gasteiger partial charge in [-0.05, 0) is 38.5 Å². The number of nitrogens with one attached hydrogen (secondary N) is 1. The molecule has 28 heavy (non-hydrogen) atoms. The first-order chi connectivity index (χ1) is 13.5. The fourth-order valence-electron chi connectivity index (χ4n) is 3.80. The lowest BCUT2D eigenvalue weighted by molar-refractivity contribution is -0.116. The number of carbonyl (C=O) groups excluding carboxylic acids is 1. The van der Waals surface area contributed by atoms with Crippen LogP contribution in [-0.2, 0) is 4.79 Å². The van der Waals surface area contributed by atoms with Crippen molar-refractivity contribution in [3.05, 3.63) is 64.6 Å². The molecule has 0 bridgehead atoms. The van der Waals surface area contributed by atoms with Gasteiger partial charge in [0.15, 0.2) is 17.3 Å². The number of fused-ring (bicyclic) bond motifs is 2. The Labute approximate surface area is 161 Å². The third-order valence-corrected chi connectivity index (χ3v) is 5.20. The highest BCUT2D eigenvalue weighted by Crippen LogP contribution is 2.40. The van der Waals surface area contributed by atoms with Crippen LogP contribution in [0.2, 0.25) is 0 Å². The predicted molar refractivity (Wildman–Crippen MR) is 104 cm³/mol. The molecule has 0 saturated heterocycles. The first-order valence-corrected chi connectivity index (χ1v) is 9.16. The van der Waals surface area contributed by atoms with E-state index in [4.69, 9.17) is 5.10 Å². The van der Waals surface area contributed by atoms with Gasteiger partial charge in [0.1, 0.15) is 5.82 Å². The molecule has 140 valence electrons. The van der Waals surface area contributed by atoms with Crippen molar-refractivity contribution in [2.75, 3.05) is 5.32 Å². The second-order valence-corrected chi connectivity index (χ2v) is 7.18. The number of rotatable bonds is 2. The fraction of sp³-hybridized carbons (Fsp3) is 0.250. The summed E-state index contributed by atoms with van der Waals surface area (Å²) < 4.78 is 3.36. The van der Waals surface area contributed by atoms with E-state index < -0.39 is 0 Å². The lowest BCUT2D eigenvalue weighted by Gasteiger charge is -2.24. The Morgan fingerprint density at radius 3 is 2.57 bits per heavy atom. The van der Waals surface area contributed by atoms with E-state index >= 15 is 0 Å². The van der Waals surface area contributed by atoms with E-state index in [-0.39, 0.29) is 11.8 Å². The molecule has 0 radical (unpaired) electrons. The van der Waals surface area contributed by atoms with Crippen molar-refractivity contribution >= 4 is 17.4 Å². The quantitative estimate of drug-likeness (QED) is 0.583. The highest BCUT2D eigenvalue weighted by Gasteiger charge is 2.33. The van der Waals surface area contributed by atoms with Crippen LogP contribution >= 0.6 is 0 Å². The van der Waals surface area contributed by atoms with E-state index in [0.29, 0.717) is 29.5 Å². The van der Waals surface area contributed by atoms with Crippen molar-refractivity contribution < 1.29 is 4.79 Å². The normalized spacial score (nSPS) is 16.2. The van der Waals surface area contributed by atoms with E-state index in [9.17, 15) is 4.79 Å². The smallest absolute Gasteiger partial charge is 0.226 e. The van der Waals surface area contributed by atoms with Crippen LogP contribution in [0.1, 0.15) is 40.5 Å². The number of carbonyl (C=O) groups is 1. The zero-order chi connectivity index (χ0) is 19.4. The zero-order valence-corrected chi connectivity index (χ0v) is 15.8. The van der Waals surface area contributed by atoms with Gasteiger partial charge in [-0.25, -0.2) is 0 Å². The number of aryl methyl sites for hydroxylation is 3. The first kappa shape index (κ1) is 16.6. The van der Waals surface area contributed by atoms with E-state index in [1.165, 1.54) is 5.56 Å². The Kier molecular flexibility index (Phi) is 3.55. The van der Waals surface area contributed by atoms with Crippen LogP contribution in [0.4, 0.5) is 5.82 Å². The fourth-order valence-corrected chi connectivity index (χ4v) is 3.80. The van der Waals surface area contributed by atoms with Crippen molar-refractivity contribution in [1.29, 1.82) is 0 Å². The Balaban J connectivity index is 1.68. The van der Waals surface area contributed by atoms with Crippen LogP contribution < -0.4 is 5.32 Å². The molecule has 3 aromatic heterocycles. The van der Waals surface area contributed by atoms with Crippen molar-refractivity contribution in [1.82, 2.24) is 29.6 Å². The first-order valence-electron chi connectivity index (χ1n) is 9.16. The molecular formula is C20H19N7O. The van der Waals surface area contributed by atoms with Crippen LogP contribution in [0.15, 0.2) is 36.4 Å². The predicted octanol–water partition coefficient (Wildman–Crippen LogP) is 2.71. The number of aromatic nitrogens is 6. The summed E-state index contributed by atoms with van der Waals surface area (Å²) in [6.45, 7) is 5.87. The minimum atomic E-state index is -0.0292. The Hall–Kier alpha value is -3.55. The van der Waals surface area contributed by atoms with E-state index in [1.54, 1.807) is 9.20 Å². The molecule has 1 aliphatic heterocycles. The molecule has 1 aliphatic rings. The maximum absolute atomic E-state index is 12.5. The van der Waals surface area contributed by atoms with Gasteiger partial charge in [-0.15, -0.1) is 15.3 Å². The van der Waals surface area contributed by atoms with Gasteiger partial charge in [-0.2, -0.15) is 14.3 Å². The number of hydrogen-bond donors (Lipinski definition) is 1. The summed E-state index contributed by atoms with van der Waals surface area (Å²) in [5.74, 6) is 1.91. The van der Waals surface area contributed by atoms with Crippen LogP contribution in [0.5, 0.6) is 0 Å². The minimum absolute atomic E-state index is 0.0271. The molecule has 0 aliphatic carbocycles. The van der Waals surface area contributed by atoms with Crippen LogP contribution in [0, 0.1) is 20.8 Å². The molecular weight excluding hydrogens is 354 g/mol. The molecule has 8 nitrogen and oxygen atoms in total. The van der Waals surface area contributed by atoms with Gasteiger partial charge in [0, 0.05) is 17.9 Å². The van der Waals surface area contributed by atoms with Crippen LogP contribution in [0.3, 0.4) is 0 Å². The van der Waals surface area contributed by atoms with Gasteiger partial charge in [0.2, 0.25) is 5.91 Å². The number of benzene rings is 1. The molecule has 4 aromatic rings. The summed E-state index contributed by atoms with van der Waals surface area (Å²) >= 11 is 0. The molecule has 8 heteroatoms. The van der Waals surface area contributed by atoms with Gasteiger partial charge < -0.3 is 5.32 Å². The van der Waals surface area contributed by atoms with Crippen molar-refractivity contribution in [2.45, 2.75) is 33.1 Å². The molecule has 0 unspecified atom stereocenters. The monoisotopic (exact) mass is 373 g/mol. The van der Waals surface area contributed by atoms with Gasteiger partial charge in [-0.3, -0.25) is 4.79 Å². The summed E-state index contributed by atoms with van der Waals surface area (Å²) in [6.07, 6.45) is 0.402. The Morgan fingerprint density at radius 2 is 1.79 bits per heavy atom. The molecule has 0 spiro atoms. The average molecular weight is 373 g/mol. The number of hydrogen-bond acceptors (Lipinski definition) is 5. The largest absolute Gasteiger partial charge is 0.310 e. The number of amides is 1. The second kappa shape index (κ2) is 5.98. The number of anilines is 1. The van der Waals surface area contributed by atoms with Crippen LogP contribution in [-0.4, -0.2) is 35.5 Å². The summed E-state index contributed by atoms with van der Waals surface area (Å²) in [6, 6.07) is 12.0. The molecule has 1 aromatic carbocycles. The van der Waals surface area contributed by atoms with E-state index in [2.05, 4.69) is 51.8 Å².